The van der Waals surface area contributed by atoms with Gasteiger partial charge in [-0.2, -0.15) is 0 Å². The summed E-state index contributed by atoms with van der Waals surface area (Å²) in [5.41, 5.74) is 3.51. The maximum atomic E-state index is 11.4. The molecule has 3 rings (SSSR count). The van der Waals surface area contributed by atoms with Crippen LogP contribution in [0.3, 0.4) is 0 Å². The van der Waals surface area contributed by atoms with Gasteiger partial charge in [0.2, 0.25) is 0 Å². The number of nitrogens with zero attached hydrogens (tertiary/aromatic N) is 1. The van der Waals surface area contributed by atoms with Crippen LogP contribution < -0.4 is 0 Å². The first-order valence-electron chi connectivity index (χ1n) is 8.19. The van der Waals surface area contributed by atoms with Crippen LogP contribution in [0.5, 0.6) is 0 Å². The van der Waals surface area contributed by atoms with Crippen LogP contribution in [0.4, 0.5) is 5.69 Å². The van der Waals surface area contributed by atoms with E-state index in [1.807, 2.05) is 30.3 Å². The number of aromatic carboxylic acids is 1. The van der Waals surface area contributed by atoms with E-state index in [0.717, 1.165) is 16.7 Å². The van der Waals surface area contributed by atoms with Gasteiger partial charge in [0.25, 0.3) is 5.69 Å². The molecule has 5 nitrogen and oxygen atoms in total. The largest absolute Gasteiger partial charge is 0.478 e. The lowest BCUT2D eigenvalue weighted by molar-refractivity contribution is -0.385. The highest BCUT2D eigenvalue weighted by atomic mass is 16.6. The van der Waals surface area contributed by atoms with E-state index in [2.05, 4.69) is 0 Å². The third kappa shape index (κ3) is 3.95. The summed E-state index contributed by atoms with van der Waals surface area (Å²) in [5.74, 6) is -1.00. The molecular formula is C21H17NO4. The molecule has 0 atom stereocenters. The van der Waals surface area contributed by atoms with Crippen molar-refractivity contribution in [2.45, 2.75) is 12.8 Å². The molecule has 130 valence electrons. The van der Waals surface area contributed by atoms with Gasteiger partial charge >= 0.3 is 5.97 Å². The van der Waals surface area contributed by atoms with Gasteiger partial charge in [-0.05, 0) is 53.8 Å². The quantitative estimate of drug-likeness (QED) is 0.515. The molecule has 1 N–H and O–H groups in total. The first-order chi connectivity index (χ1) is 12.5. The molecule has 0 aliphatic carbocycles. The van der Waals surface area contributed by atoms with Crippen molar-refractivity contribution in [1.82, 2.24) is 0 Å². The van der Waals surface area contributed by atoms with Crippen molar-refractivity contribution in [2.75, 3.05) is 0 Å². The van der Waals surface area contributed by atoms with Crippen LogP contribution in [-0.4, -0.2) is 16.0 Å². The standard InChI is InChI=1S/C21H17NO4/c23-21(24)19-8-4-7-16(14-19)17-11-12-20(22(25)26)18(13-17)10-9-15-5-2-1-3-6-15/h1-8,11-14H,9-10H2,(H,23,24). The van der Waals surface area contributed by atoms with Gasteiger partial charge in [-0.3, -0.25) is 10.1 Å². The van der Waals surface area contributed by atoms with E-state index in [4.69, 9.17) is 5.11 Å². The molecule has 3 aromatic carbocycles. The van der Waals surface area contributed by atoms with Gasteiger partial charge in [0.05, 0.1) is 10.5 Å². The summed E-state index contributed by atoms with van der Waals surface area (Å²) in [6.45, 7) is 0. The lowest BCUT2D eigenvalue weighted by Gasteiger charge is -2.08. The molecule has 0 aromatic heterocycles. The Morgan fingerprint density at radius 3 is 2.31 bits per heavy atom. The van der Waals surface area contributed by atoms with Gasteiger partial charge < -0.3 is 5.11 Å². The third-order valence-corrected chi connectivity index (χ3v) is 4.24. The minimum absolute atomic E-state index is 0.0825. The first-order valence-corrected chi connectivity index (χ1v) is 8.19. The van der Waals surface area contributed by atoms with Crippen molar-refractivity contribution in [1.29, 1.82) is 0 Å². The minimum Gasteiger partial charge on any atom is -0.478 e. The summed E-state index contributed by atoms with van der Waals surface area (Å²) in [6, 6.07) is 21.3. The molecule has 0 saturated heterocycles. The molecule has 0 heterocycles. The zero-order chi connectivity index (χ0) is 18.5. The summed E-state index contributed by atoms with van der Waals surface area (Å²) >= 11 is 0. The normalized spacial score (nSPS) is 10.5. The number of carboxylic acid groups (broad SMARTS) is 1. The van der Waals surface area contributed by atoms with E-state index < -0.39 is 5.97 Å². The highest BCUT2D eigenvalue weighted by Gasteiger charge is 2.15. The van der Waals surface area contributed by atoms with Gasteiger partial charge in [-0.15, -0.1) is 0 Å². The second-order valence-electron chi connectivity index (χ2n) is 5.97. The molecule has 0 bridgehead atoms. The van der Waals surface area contributed by atoms with Crippen LogP contribution in [0.25, 0.3) is 11.1 Å². The molecule has 0 saturated carbocycles. The summed E-state index contributed by atoms with van der Waals surface area (Å²) in [4.78, 5) is 22.1. The number of carbonyl (C=O) groups is 1. The van der Waals surface area contributed by atoms with Gasteiger partial charge in [0.1, 0.15) is 0 Å². The fraction of sp³-hybridized carbons (Fsp3) is 0.0952. The number of benzene rings is 3. The second kappa shape index (κ2) is 7.61. The highest BCUT2D eigenvalue weighted by Crippen LogP contribution is 2.28. The minimum atomic E-state index is -1.00. The van der Waals surface area contributed by atoms with E-state index >= 15 is 0 Å². The molecule has 0 aliphatic heterocycles. The van der Waals surface area contributed by atoms with Crippen LogP contribution in [0.1, 0.15) is 21.5 Å². The number of nitro groups is 1. The third-order valence-electron chi connectivity index (χ3n) is 4.24. The lowest BCUT2D eigenvalue weighted by atomic mass is 9.97. The molecule has 0 radical (unpaired) electrons. The van der Waals surface area contributed by atoms with Crippen LogP contribution in [0, 0.1) is 10.1 Å². The Labute approximate surface area is 150 Å². The predicted molar refractivity (Wildman–Crippen MR) is 99.3 cm³/mol. The number of hydrogen-bond acceptors (Lipinski definition) is 3. The van der Waals surface area contributed by atoms with E-state index in [-0.39, 0.29) is 16.2 Å². The molecule has 0 unspecified atom stereocenters. The SMILES string of the molecule is O=C(O)c1cccc(-c2ccc([N+](=O)[O-])c(CCc3ccccc3)c2)c1. The molecule has 0 amide bonds. The van der Waals surface area contributed by atoms with Crippen molar-refractivity contribution in [3.63, 3.8) is 0 Å². The summed E-state index contributed by atoms with van der Waals surface area (Å²) in [6.07, 6.45) is 1.23. The Morgan fingerprint density at radius 2 is 1.62 bits per heavy atom. The maximum Gasteiger partial charge on any atom is 0.335 e. The van der Waals surface area contributed by atoms with Crippen LogP contribution in [0.2, 0.25) is 0 Å². The number of nitro benzene ring substituents is 1. The topological polar surface area (TPSA) is 80.4 Å². The maximum absolute atomic E-state index is 11.4. The summed E-state index contributed by atoms with van der Waals surface area (Å²) < 4.78 is 0. The van der Waals surface area contributed by atoms with Gasteiger partial charge in [0.15, 0.2) is 0 Å². The highest BCUT2D eigenvalue weighted by molar-refractivity contribution is 5.89. The number of carboxylic acids is 1. The summed E-state index contributed by atoms with van der Waals surface area (Å²) in [7, 11) is 0. The Bertz CT molecular complexity index is 951. The molecule has 0 aliphatic rings. The van der Waals surface area contributed by atoms with E-state index in [0.29, 0.717) is 18.4 Å². The lowest BCUT2D eigenvalue weighted by Crippen LogP contribution is -1.99. The first kappa shape index (κ1) is 17.4. The molecule has 0 spiro atoms. The zero-order valence-electron chi connectivity index (χ0n) is 14.0. The predicted octanol–water partition coefficient (Wildman–Crippen LogP) is 4.75. The van der Waals surface area contributed by atoms with E-state index in [9.17, 15) is 14.9 Å². The van der Waals surface area contributed by atoms with E-state index in [1.165, 1.54) is 12.1 Å². The average Bonchev–Trinajstić information content (AvgIpc) is 2.67. The van der Waals surface area contributed by atoms with Crippen molar-refractivity contribution < 1.29 is 14.8 Å². The smallest absolute Gasteiger partial charge is 0.335 e. The van der Waals surface area contributed by atoms with Gasteiger partial charge in [0, 0.05) is 11.6 Å². The number of aryl methyl sites for hydroxylation is 2. The molecular weight excluding hydrogens is 330 g/mol. The van der Waals surface area contributed by atoms with Crippen molar-refractivity contribution in [3.05, 3.63) is 99.6 Å². The average molecular weight is 347 g/mol. The number of rotatable bonds is 6. The zero-order valence-corrected chi connectivity index (χ0v) is 14.0. The Balaban J connectivity index is 1.94. The fourth-order valence-corrected chi connectivity index (χ4v) is 2.90. The molecule has 26 heavy (non-hydrogen) atoms. The molecule has 3 aromatic rings. The summed E-state index contributed by atoms with van der Waals surface area (Å²) in [5, 5.41) is 20.5. The van der Waals surface area contributed by atoms with Crippen molar-refractivity contribution >= 4 is 11.7 Å². The molecule has 0 fully saturated rings. The fourth-order valence-electron chi connectivity index (χ4n) is 2.90. The Morgan fingerprint density at radius 1 is 0.885 bits per heavy atom. The van der Waals surface area contributed by atoms with Crippen LogP contribution in [-0.2, 0) is 12.8 Å². The van der Waals surface area contributed by atoms with E-state index in [1.54, 1.807) is 30.3 Å². The van der Waals surface area contributed by atoms with Crippen molar-refractivity contribution in [3.8, 4) is 11.1 Å². The number of hydrogen-bond donors (Lipinski definition) is 1. The monoisotopic (exact) mass is 347 g/mol. The Hall–Kier alpha value is -3.47. The van der Waals surface area contributed by atoms with Gasteiger partial charge in [-0.25, -0.2) is 4.79 Å². The van der Waals surface area contributed by atoms with Crippen LogP contribution >= 0.6 is 0 Å². The van der Waals surface area contributed by atoms with Gasteiger partial charge in [-0.1, -0.05) is 42.5 Å². The second-order valence-corrected chi connectivity index (χ2v) is 5.97. The van der Waals surface area contributed by atoms with Crippen molar-refractivity contribution in [2.24, 2.45) is 0 Å². The molecule has 5 heteroatoms. The Kier molecular flexibility index (Phi) is 5.08. The van der Waals surface area contributed by atoms with Crippen LogP contribution in [0.15, 0.2) is 72.8 Å².